The van der Waals surface area contributed by atoms with E-state index in [1.165, 1.54) is 0 Å². The zero-order chi connectivity index (χ0) is 15.0. The van der Waals surface area contributed by atoms with Crippen molar-refractivity contribution in [1.29, 1.82) is 0 Å². The third-order valence-corrected chi connectivity index (χ3v) is 6.88. The average molecular weight is 310 g/mol. The Hall–Kier alpha value is -1.34. The number of piperidine rings is 1. The van der Waals surface area contributed by atoms with Gasteiger partial charge in [-0.25, -0.2) is 12.7 Å². The fourth-order valence-corrected chi connectivity index (χ4v) is 5.14. The van der Waals surface area contributed by atoms with Crippen molar-refractivity contribution in [3.63, 3.8) is 0 Å². The third-order valence-electron chi connectivity index (χ3n) is 4.48. The Bertz CT molecular complexity index is 600. The zero-order valence-electron chi connectivity index (χ0n) is 12.3. The van der Waals surface area contributed by atoms with Gasteiger partial charge in [-0.3, -0.25) is 4.98 Å². The summed E-state index contributed by atoms with van der Waals surface area (Å²) in [7, 11) is -3.09. The molecule has 0 radical (unpaired) electrons. The van der Waals surface area contributed by atoms with Gasteiger partial charge in [0.15, 0.2) is 0 Å². The molecule has 2 N–H and O–H groups in total. The highest BCUT2D eigenvalue weighted by Gasteiger charge is 2.37. The van der Waals surface area contributed by atoms with Gasteiger partial charge in [-0.05, 0) is 31.7 Å². The number of nitrogen functional groups attached to an aromatic ring is 1. The molecule has 2 fully saturated rings. The molecule has 0 bridgehead atoms. The number of hydrogen-bond acceptors (Lipinski definition) is 5. The lowest BCUT2D eigenvalue weighted by molar-refractivity contribution is 0.302. The van der Waals surface area contributed by atoms with E-state index in [9.17, 15) is 8.42 Å². The molecule has 116 valence electrons. The summed E-state index contributed by atoms with van der Waals surface area (Å²) in [4.78, 5) is 6.27. The molecule has 2 saturated heterocycles. The normalized spacial score (nSPS) is 21.3. The Morgan fingerprint density at radius 1 is 1.19 bits per heavy atom. The highest BCUT2D eigenvalue weighted by atomic mass is 32.2. The first-order valence-corrected chi connectivity index (χ1v) is 8.94. The Morgan fingerprint density at radius 3 is 2.38 bits per heavy atom. The van der Waals surface area contributed by atoms with Crippen molar-refractivity contribution in [3.8, 4) is 0 Å². The van der Waals surface area contributed by atoms with Crippen LogP contribution in [0.5, 0.6) is 0 Å². The summed E-state index contributed by atoms with van der Waals surface area (Å²) in [5, 5.41) is -0.239. The number of nitrogens with two attached hydrogens (primary N) is 1. The molecule has 1 aromatic heterocycles. The third kappa shape index (κ3) is 2.60. The van der Waals surface area contributed by atoms with E-state index in [2.05, 4.69) is 9.88 Å². The Kier molecular flexibility index (Phi) is 3.79. The Balaban J connectivity index is 1.71. The Labute approximate surface area is 126 Å². The summed E-state index contributed by atoms with van der Waals surface area (Å²) in [5.74, 6) is 0. The molecular weight excluding hydrogens is 288 g/mol. The van der Waals surface area contributed by atoms with Crippen LogP contribution in [-0.2, 0) is 10.0 Å². The van der Waals surface area contributed by atoms with Gasteiger partial charge in [-0.1, -0.05) is 0 Å². The van der Waals surface area contributed by atoms with Crippen molar-refractivity contribution in [2.75, 3.05) is 36.8 Å². The lowest BCUT2D eigenvalue weighted by atomic mass is 10.1. The van der Waals surface area contributed by atoms with Crippen LogP contribution in [0.4, 0.5) is 11.4 Å². The minimum atomic E-state index is -3.09. The maximum atomic E-state index is 12.4. The Morgan fingerprint density at radius 2 is 1.86 bits per heavy atom. The monoisotopic (exact) mass is 310 g/mol. The van der Waals surface area contributed by atoms with Gasteiger partial charge in [0.25, 0.3) is 0 Å². The highest BCUT2D eigenvalue weighted by Crippen LogP contribution is 2.31. The zero-order valence-corrected chi connectivity index (χ0v) is 13.1. The summed E-state index contributed by atoms with van der Waals surface area (Å²) < 4.78 is 26.5. The minimum Gasteiger partial charge on any atom is -0.396 e. The second-order valence-electron chi connectivity index (χ2n) is 5.88. The van der Waals surface area contributed by atoms with Gasteiger partial charge in [0.2, 0.25) is 10.0 Å². The summed E-state index contributed by atoms with van der Waals surface area (Å²) >= 11 is 0. The van der Waals surface area contributed by atoms with E-state index < -0.39 is 10.0 Å². The van der Waals surface area contributed by atoms with E-state index in [1.54, 1.807) is 16.7 Å². The van der Waals surface area contributed by atoms with E-state index in [1.807, 2.05) is 6.92 Å². The van der Waals surface area contributed by atoms with Crippen molar-refractivity contribution in [3.05, 3.63) is 18.0 Å². The number of anilines is 2. The molecular formula is C14H22N4O2S. The van der Waals surface area contributed by atoms with Crippen LogP contribution in [0.3, 0.4) is 0 Å². The van der Waals surface area contributed by atoms with Crippen LogP contribution in [0.25, 0.3) is 0 Å². The standard InChI is InChI=1S/C14H22N4O2S/c1-11-9-16-10-13(15)14(11)17-7-3-12(4-8-17)21(19,20)18-5-2-6-18/h9-10,12H,2-8,15H2,1H3. The van der Waals surface area contributed by atoms with E-state index in [4.69, 9.17) is 5.73 Å². The number of pyridine rings is 1. The van der Waals surface area contributed by atoms with Gasteiger partial charge < -0.3 is 10.6 Å². The summed E-state index contributed by atoms with van der Waals surface area (Å²) in [6, 6.07) is 0. The molecule has 6 nitrogen and oxygen atoms in total. The summed E-state index contributed by atoms with van der Waals surface area (Å²) in [6.07, 6.45) is 5.78. The van der Waals surface area contributed by atoms with E-state index >= 15 is 0 Å². The quantitative estimate of drug-likeness (QED) is 0.900. The molecule has 0 unspecified atom stereocenters. The SMILES string of the molecule is Cc1cncc(N)c1N1CCC(S(=O)(=O)N2CCC2)CC1. The molecule has 0 amide bonds. The number of sulfonamides is 1. The fourth-order valence-electron chi connectivity index (χ4n) is 3.14. The van der Waals surface area contributed by atoms with Crippen molar-refractivity contribution in [2.45, 2.75) is 31.4 Å². The van der Waals surface area contributed by atoms with Gasteiger partial charge in [-0.15, -0.1) is 0 Å². The van der Waals surface area contributed by atoms with Gasteiger partial charge in [-0.2, -0.15) is 0 Å². The molecule has 1 aromatic rings. The molecule has 21 heavy (non-hydrogen) atoms. The number of aromatic nitrogens is 1. The molecule has 0 atom stereocenters. The van der Waals surface area contributed by atoms with Crippen LogP contribution < -0.4 is 10.6 Å². The molecule has 2 aliphatic rings. The van der Waals surface area contributed by atoms with Crippen LogP contribution in [0.1, 0.15) is 24.8 Å². The molecule has 0 aliphatic carbocycles. The minimum absolute atomic E-state index is 0.239. The van der Waals surface area contributed by atoms with Crippen LogP contribution in [0.15, 0.2) is 12.4 Å². The predicted octanol–water partition coefficient (Wildman–Crippen LogP) is 0.977. The largest absolute Gasteiger partial charge is 0.396 e. The summed E-state index contributed by atoms with van der Waals surface area (Å²) in [5.41, 5.74) is 8.73. The van der Waals surface area contributed by atoms with Gasteiger partial charge in [0.1, 0.15) is 0 Å². The number of aryl methyl sites for hydroxylation is 1. The first kappa shape index (κ1) is 14.6. The predicted molar refractivity (Wildman–Crippen MR) is 83.7 cm³/mol. The summed E-state index contributed by atoms with van der Waals surface area (Å²) in [6.45, 7) is 4.83. The van der Waals surface area contributed by atoms with Crippen LogP contribution >= 0.6 is 0 Å². The molecule has 0 spiro atoms. The van der Waals surface area contributed by atoms with Crippen molar-refractivity contribution < 1.29 is 8.42 Å². The molecule has 3 heterocycles. The molecule has 7 heteroatoms. The van der Waals surface area contributed by atoms with Crippen LogP contribution in [0.2, 0.25) is 0 Å². The van der Waals surface area contributed by atoms with Gasteiger partial charge in [0.05, 0.1) is 22.8 Å². The smallest absolute Gasteiger partial charge is 0.217 e. The number of nitrogens with zero attached hydrogens (tertiary/aromatic N) is 3. The molecule has 3 rings (SSSR count). The molecule has 0 saturated carbocycles. The molecule has 2 aliphatic heterocycles. The first-order valence-electron chi connectivity index (χ1n) is 7.44. The van der Waals surface area contributed by atoms with E-state index in [0.717, 1.165) is 30.8 Å². The maximum absolute atomic E-state index is 12.4. The van der Waals surface area contributed by atoms with Crippen molar-refractivity contribution in [2.24, 2.45) is 0 Å². The second kappa shape index (κ2) is 5.46. The van der Waals surface area contributed by atoms with Gasteiger partial charge in [0, 0.05) is 32.4 Å². The van der Waals surface area contributed by atoms with E-state index in [0.29, 0.717) is 31.6 Å². The highest BCUT2D eigenvalue weighted by molar-refractivity contribution is 7.89. The van der Waals surface area contributed by atoms with Gasteiger partial charge >= 0.3 is 0 Å². The first-order chi connectivity index (χ1) is 10.00. The second-order valence-corrected chi connectivity index (χ2v) is 8.09. The van der Waals surface area contributed by atoms with E-state index in [-0.39, 0.29) is 5.25 Å². The molecule has 0 aromatic carbocycles. The van der Waals surface area contributed by atoms with Crippen molar-refractivity contribution >= 4 is 21.4 Å². The fraction of sp³-hybridized carbons (Fsp3) is 0.643. The number of rotatable bonds is 3. The van der Waals surface area contributed by atoms with Crippen LogP contribution in [-0.4, -0.2) is 49.1 Å². The maximum Gasteiger partial charge on any atom is 0.217 e. The lowest BCUT2D eigenvalue weighted by Crippen LogP contribution is -2.50. The average Bonchev–Trinajstić information content (AvgIpc) is 2.36. The topological polar surface area (TPSA) is 79.5 Å². The lowest BCUT2D eigenvalue weighted by Gasteiger charge is -2.38. The van der Waals surface area contributed by atoms with Crippen LogP contribution in [0, 0.1) is 6.92 Å². The number of hydrogen-bond donors (Lipinski definition) is 1. The van der Waals surface area contributed by atoms with Crippen molar-refractivity contribution in [1.82, 2.24) is 9.29 Å².